The number of carbonyl (C=O) groups is 1. The van der Waals surface area contributed by atoms with E-state index in [-0.39, 0.29) is 11.6 Å². The van der Waals surface area contributed by atoms with Crippen molar-refractivity contribution in [1.29, 1.82) is 0 Å². The van der Waals surface area contributed by atoms with Gasteiger partial charge in [0.25, 0.3) is 0 Å². The summed E-state index contributed by atoms with van der Waals surface area (Å²) in [6.07, 6.45) is 0.321. The lowest BCUT2D eigenvalue weighted by Crippen LogP contribution is -2.45. The van der Waals surface area contributed by atoms with E-state index in [0.29, 0.717) is 13.0 Å². The lowest BCUT2D eigenvalue weighted by atomic mass is 10.1. The average molecular weight is 236 g/mol. The second-order valence-corrected chi connectivity index (χ2v) is 4.37. The monoisotopic (exact) mass is 236 g/mol. The molecule has 1 heterocycles. The summed E-state index contributed by atoms with van der Waals surface area (Å²) in [5.41, 5.74) is 0.755. The molecule has 1 aliphatic heterocycles. The van der Waals surface area contributed by atoms with Crippen molar-refractivity contribution in [3.05, 3.63) is 35.6 Å². The predicted molar refractivity (Wildman–Crippen MR) is 64.4 cm³/mol. The molecule has 1 aromatic carbocycles. The van der Waals surface area contributed by atoms with E-state index in [1.807, 2.05) is 0 Å². The summed E-state index contributed by atoms with van der Waals surface area (Å²) in [4.78, 5) is 13.9. The van der Waals surface area contributed by atoms with Gasteiger partial charge >= 0.3 is 0 Å². The second-order valence-electron chi connectivity index (χ2n) is 4.37. The maximum absolute atomic E-state index is 12.9. The van der Waals surface area contributed by atoms with E-state index in [1.54, 1.807) is 12.1 Å². The van der Waals surface area contributed by atoms with Gasteiger partial charge in [-0.3, -0.25) is 9.69 Å². The van der Waals surface area contributed by atoms with Crippen molar-refractivity contribution in [1.82, 2.24) is 10.2 Å². The van der Waals surface area contributed by atoms with Gasteiger partial charge in [0.2, 0.25) is 0 Å². The van der Waals surface area contributed by atoms with Gasteiger partial charge in [-0.25, -0.2) is 4.39 Å². The Morgan fingerprint density at radius 1 is 1.35 bits per heavy atom. The highest BCUT2D eigenvalue weighted by Gasteiger charge is 2.13. The van der Waals surface area contributed by atoms with Crippen LogP contribution in [-0.4, -0.2) is 43.4 Å². The van der Waals surface area contributed by atoms with Crippen molar-refractivity contribution in [2.75, 3.05) is 32.7 Å². The topological polar surface area (TPSA) is 32.3 Å². The van der Waals surface area contributed by atoms with Crippen LogP contribution in [0.25, 0.3) is 0 Å². The lowest BCUT2D eigenvalue weighted by molar-refractivity contribution is -0.119. The fourth-order valence-electron chi connectivity index (χ4n) is 2.05. The average Bonchev–Trinajstić information content (AvgIpc) is 2.30. The number of Topliss-reactive ketones (excluding diaryl/α,β-unsaturated/α-hetero) is 1. The van der Waals surface area contributed by atoms with E-state index in [2.05, 4.69) is 10.2 Å². The standard InChI is InChI=1S/C13H17FN2O/c14-12-3-1-2-11(8-12)9-13(17)10-16-6-4-15-5-7-16/h1-3,8,15H,4-7,9-10H2. The molecule has 0 aromatic heterocycles. The Morgan fingerprint density at radius 3 is 2.82 bits per heavy atom. The first-order valence-electron chi connectivity index (χ1n) is 5.93. The van der Waals surface area contributed by atoms with Crippen LogP contribution < -0.4 is 5.32 Å². The SMILES string of the molecule is O=C(Cc1cccc(F)c1)CN1CCNCC1. The molecule has 3 nitrogen and oxygen atoms in total. The van der Waals surface area contributed by atoms with Crippen LogP contribution in [0.1, 0.15) is 5.56 Å². The Hall–Kier alpha value is -1.26. The zero-order valence-corrected chi connectivity index (χ0v) is 9.79. The molecule has 1 aromatic rings. The first-order chi connectivity index (χ1) is 8.24. The van der Waals surface area contributed by atoms with Crippen LogP contribution in [0.2, 0.25) is 0 Å². The molecule has 0 spiro atoms. The van der Waals surface area contributed by atoms with Crippen molar-refractivity contribution in [3.8, 4) is 0 Å². The molecule has 0 atom stereocenters. The third-order valence-electron chi connectivity index (χ3n) is 2.90. The van der Waals surface area contributed by atoms with Gasteiger partial charge in [0.05, 0.1) is 6.54 Å². The second kappa shape index (κ2) is 5.89. The first kappa shape index (κ1) is 12.2. The minimum atomic E-state index is -0.280. The van der Waals surface area contributed by atoms with Gasteiger partial charge in [-0.05, 0) is 17.7 Å². The van der Waals surface area contributed by atoms with Crippen molar-refractivity contribution < 1.29 is 9.18 Å². The molecule has 17 heavy (non-hydrogen) atoms. The van der Waals surface area contributed by atoms with Crippen LogP contribution in [0.5, 0.6) is 0 Å². The Balaban J connectivity index is 1.84. The summed E-state index contributed by atoms with van der Waals surface area (Å²) in [5.74, 6) is -0.130. The fourth-order valence-corrected chi connectivity index (χ4v) is 2.05. The molecule has 0 amide bonds. The third-order valence-corrected chi connectivity index (χ3v) is 2.90. The Bertz CT molecular complexity index is 389. The van der Waals surface area contributed by atoms with Gasteiger partial charge in [-0.2, -0.15) is 0 Å². The lowest BCUT2D eigenvalue weighted by Gasteiger charge is -2.26. The Morgan fingerprint density at radius 2 is 2.12 bits per heavy atom. The van der Waals surface area contributed by atoms with E-state index < -0.39 is 0 Å². The van der Waals surface area contributed by atoms with Crippen LogP contribution in [0.3, 0.4) is 0 Å². The Labute approximate surface area is 101 Å². The van der Waals surface area contributed by atoms with Crippen LogP contribution in [0, 0.1) is 5.82 Å². The zero-order chi connectivity index (χ0) is 12.1. The molecule has 1 fully saturated rings. The molecule has 2 rings (SSSR count). The molecule has 0 aliphatic carbocycles. The van der Waals surface area contributed by atoms with Gasteiger partial charge in [0, 0.05) is 32.6 Å². The number of nitrogens with zero attached hydrogens (tertiary/aromatic N) is 1. The molecule has 1 saturated heterocycles. The maximum atomic E-state index is 12.9. The number of carbonyl (C=O) groups excluding carboxylic acids is 1. The molecular formula is C13H17FN2O. The number of hydrogen-bond acceptors (Lipinski definition) is 3. The summed E-state index contributed by atoms with van der Waals surface area (Å²) in [6.45, 7) is 4.17. The smallest absolute Gasteiger partial charge is 0.151 e. The van der Waals surface area contributed by atoms with Gasteiger partial charge in [0.1, 0.15) is 5.82 Å². The minimum absolute atomic E-state index is 0.150. The number of halogens is 1. The molecule has 1 aliphatic rings. The summed E-state index contributed by atoms with van der Waals surface area (Å²) < 4.78 is 12.9. The van der Waals surface area contributed by atoms with E-state index in [1.165, 1.54) is 12.1 Å². The summed E-state index contributed by atoms with van der Waals surface area (Å²) >= 11 is 0. The highest BCUT2D eigenvalue weighted by molar-refractivity contribution is 5.82. The summed E-state index contributed by atoms with van der Waals surface area (Å²) in [6, 6.07) is 6.25. The predicted octanol–water partition coefficient (Wildman–Crippen LogP) is 0.843. The van der Waals surface area contributed by atoms with Crippen molar-refractivity contribution >= 4 is 5.78 Å². The molecule has 0 unspecified atom stereocenters. The van der Waals surface area contributed by atoms with Crippen LogP contribution in [0.4, 0.5) is 4.39 Å². The van der Waals surface area contributed by atoms with E-state index in [0.717, 1.165) is 31.7 Å². The molecule has 0 bridgehead atoms. The van der Waals surface area contributed by atoms with Crippen LogP contribution in [-0.2, 0) is 11.2 Å². The van der Waals surface area contributed by atoms with Gasteiger partial charge < -0.3 is 5.32 Å². The number of benzene rings is 1. The molecular weight excluding hydrogens is 219 g/mol. The van der Waals surface area contributed by atoms with Crippen molar-refractivity contribution in [2.24, 2.45) is 0 Å². The number of rotatable bonds is 4. The molecule has 0 saturated carbocycles. The summed E-state index contributed by atoms with van der Waals surface area (Å²) in [7, 11) is 0. The number of ketones is 1. The van der Waals surface area contributed by atoms with Gasteiger partial charge in [0.15, 0.2) is 5.78 Å². The summed E-state index contributed by atoms with van der Waals surface area (Å²) in [5, 5.41) is 3.24. The minimum Gasteiger partial charge on any atom is -0.314 e. The van der Waals surface area contributed by atoms with Crippen molar-refractivity contribution in [3.63, 3.8) is 0 Å². The number of nitrogens with one attached hydrogen (secondary N) is 1. The molecule has 4 heteroatoms. The van der Waals surface area contributed by atoms with E-state index in [4.69, 9.17) is 0 Å². The molecule has 1 N–H and O–H groups in total. The van der Waals surface area contributed by atoms with Crippen LogP contribution in [0.15, 0.2) is 24.3 Å². The zero-order valence-electron chi connectivity index (χ0n) is 9.79. The van der Waals surface area contributed by atoms with E-state index >= 15 is 0 Å². The highest BCUT2D eigenvalue weighted by atomic mass is 19.1. The van der Waals surface area contributed by atoms with Gasteiger partial charge in [-0.1, -0.05) is 12.1 Å². The number of hydrogen-bond donors (Lipinski definition) is 1. The van der Waals surface area contributed by atoms with E-state index in [9.17, 15) is 9.18 Å². The van der Waals surface area contributed by atoms with Gasteiger partial charge in [-0.15, -0.1) is 0 Å². The van der Waals surface area contributed by atoms with Crippen molar-refractivity contribution in [2.45, 2.75) is 6.42 Å². The first-order valence-corrected chi connectivity index (χ1v) is 5.93. The normalized spacial score (nSPS) is 17.0. The quantitative estimate of drug-likeness (QED) is 0.841. The number of piperazine rings is 1. The third kappa shape index (κ3) is 3.91. The highest BCUT2D eigenvalue weighted by Crippen LogP contribution is 2.05. The van der Waals surface area contributed by atoms with Crippen LogP contribution >= 0.6 is 0 Å². The largest absolute Gasteiger partial charge is 0.314 e. The maximum Gasteiger partial charge on any atom is 0.151 e. The molecule has 0 radical (unpaired) electrons. The Kier molecular flexibility index (Phi) is 4.23. The fraction of sp³-hybridized carbons (Fsp3) is 0.462. The molecule has 92 valence electrons.